The summed E-state index contributed by atoms with van der Waals surface area (Å²) in [5, 5.41) is 3.17. The van der Waals surface area contributed by atoms with Crippen LogP contribution in [0.1, 0.15) is 18.3 Å². The second-order valence-electron chi connectivity index (χ2n) is 4.63. The number of aromatic nitrogens is 2. The van der Waals surface area contributed by atoms with Crippen LogP contribution in [-0.4, -0.2) is 22.7 Å². The topological polar surface area (TPSA) is 39.1 Å². The Labute approximate surface area is 118 Å². The van der Waals surface area contributed by atoms with Gasteiger partial charge in [0.1, 0.15) is 17.4 Å². The zero-order chi connectivity index (χ0) is 14.4. The molecule has 4 nitrogen and oxygen atoms in total. The van der Waals surface area contributed by atoms with Gasteiger partial charge in [-0.2, -0.15) is 0 Å². The van der Waals surface area contributed by atoms with Gasteiger partial charge in [0, 0.05) is 38.5 Å². The number of aryl methyl sites for hydroxylation is 1. The smallest absolute Gasteiger partial charge is 0.127 e. The van der Waals surface area contributed by atoms with Crippen molar-refractivity contribution in [3.63, 3.8) is 0 Å². The van der Waals surface area contributed by atoms with Crippen molar-refractivity contribution in [3.05, 3.63) is 47.8 Å². The minimum absolute atomic E-state index is 0.271. The van der Waals surface area contributed by atoms with E-state index in [9.17, 15) is 4.39 Å². The first kappa shape index (κ1) is 14.5. The minimum Gasteiger partial charge on any atom is -0.493 e. The second kappa shape index (κ2) is 7.05. The van der Waals surface area contributed by atoms with Crippen molar-refractivity contribution in [3.8, 4) is 5.75 Å². The third kappa shape index (κ3) is 4.06. The molecule has 0 fully saturated rings. The van der Waals surface area contributed by atoms with Crippen LogP contribution < -0.4 is 10.1 Å². The Kier molecular flexibility index (Phi) is 5.12. The van der Waals surface area contributed by atoms with Gasteiger partial charge in [0.2, 0.25) is 0 Å². The molecule has 0 amide bonds. The van der Waals surface area contributed by atoms with Gasteiger partial charge in [-0.15, -0.1) is 0 Å². The lowest BCUT2D eigenvalue weighted by molar-refractivity contribution is 0.315. The van der Waals surface area contributed by atoms with Crippen molar-refractivity contribution in [2.45, 2.75) is 19.9 Å². The van der Waals surface area contributed by atoms with Crippen LogP contribution >= 0.6 is 0 Å². The SMILES string of the molecule is CCNCc1cc(F)cc(OCCc2nccn2C)c1. The Morgan fingerprint density at radius 1 is 1.35 bits per heavy atom. The maximum Gasteiger partial charge on any atom is 0.127 e. The standard InChI is InChI=1S/C15H20FN3O/c1-3-17-11-12-8-13(16)10-14(9-12)20-7-4-15-18-5-6-19(15)2/h5-6,8-10,17H,3-4,7,11H2,1-2H3. The van der Waals surface area contributed by atoms with Crippen molar-refractivity contribution in [1.82, 2.24) is 14.9 Å². The molecule has 108 valence electrons. The van der Waals surface area contributed by atoms with Gasteiger partial charge >= 0.3 is 0 Å². The maximum atomic E-state index is 13.5. The third-order valence-electron chi connectivity index (χ3n) is 3.03. The van der Waals surface area contributed by atoms with Crippen molar-refractivity contribution in [2.24, 2.45) is 7.05 Å². The van der Waals surface area contributed by atoms with Crippen LogP contribution in [0, 0.1) is 5.82 Å². The van der Waals surface area contributed by atoms with Gasteiger partial charge in [-0.25, -0.2) is 9.37 Å². The highest BCUT2D eigenvalue weighted by atomic mass is 19.1. The van der Waals surface area contributed by atoms with Crippen LogP contribution in [0.5, 0.6) is 5.75 Å². The van der Waals surface area contributed by atoms with Crippen molar-refractivity contribution in [2.75, 3.05) is 13.2 Å². The monoisotopic (exact) mass is 277 g/mol. The molecule has 0 saturated heterocycles. The van der Waals surface area contributed by atoms with Crippen molar-refractivity contribution < 1.29 is 9.13 Å². The molecule has 5 heteroatoms. The molecular formula is C15H20FN3O. The van der Waals surface area contributed by atoms with E-state index < -0.39 is 0 Å². The highest BCUT2D eigenvalue weighted by molar-refractivity contribution is 5.29. The van der Waals surface area contributed by atoms with Crippen LogP contribution in [0.15, 0.2) is 30.6 Å². The highest BCUT2D eigenvalue weighted by Gasteiger charge is 2.03. The van der Waals surface area contributed by atoms with Crippen LogP contribution in [-0.2, 0) is 20.0 Å². The quantitative estimate of drug-likeness (QED) is 0.844. The number of hydrogen-bond acceptors (Lipinski definition) is 3. The van der Waals surface area contributed by atoms with Gasteiger partial charge in [-0.1, -0.05) is 6.92 Å². The molecule has 1 N–H and O–H groups in total. The molecule has 0 aliphatic rings. The van der Waals surface area contributed by atoms with Gasteiger partial charge in [0.05, 0.1) is 6.61 Å². The Balaban J connectivity index is 1.91. The van der Waals surface area contributed by atoms with Gasteiger partial charge in [-0.05, 0) is 24.2 Å². The Morgan fingerprint density at radius 2 is 2.20 bits per heavy atom. The molecule has 0 aliphatic heterocycles. The summed E-state index contributed by atoms with van der Waals surface area (Å²) in [6.07, 6.45) is 4.35. The number of ether oxygens (including phenoxy) is 1. The zero-order valence-electron chi connectivity index (χ0n) is 11.9. The normalized spacial score (nSPS) is 10.8. The molecular weight excluding hydrogens is 257 g/mol. The molecule has 0 spiro atoms. The average Bonchev–Trinajstić information content (AvgIpc) is 2.82. The van der Waals surface area contributed by atoms with E-state index in [0.29, 0.717) is 25.3 Å². The predicted molar refractivity (Wildman–Crippen MR) is 76.2 cm³/mol. The Hall–Kier alpha value is -1.88. The van der Waals surface area contributed by atoms with E-state index in [1.165, 1.54) is 12.1 Å². The summed E-state index contributed by atoms with van der Waals surface area (Å²) < 4.78 is 21.1. The molecule has 1 aromatic heterocycles. The lowest BCUT2D eigenvalue weighted by Gasteiger charge is -2.09. The van der Waals surface area contributed by atoms with Gasteiger partial charge < -0.3 is 14.6 Å². The van der Waals surface area contributed by atoms with E-state index in [1.807, 2.05) is 30.8 Å². The number of nitrogens with one attached hydrogen (secondary N) is 1. The van der Waals surface area contributed by atoms with E-state index in [4.69, 9.17) is 4.74 Å². The van der Waals surface area contributed by atoms with Crippen LogP contribution in [0.25, 0.3) is 0 Å². The fourth-order valence-corrected chi connectivity index (χ4v) is 1.97. The summed E-state index contributed by atoms with van der Waals surface area (Å²) in [7, 11) is 1.94. The number of imidazole rings is 1. The summed E-state index contributed by atoms with van der Waals surface area (Å²) in [5.41, 5.74) is 0.888. The first-order chi connectivity index (χ1) is 9.69. The molecule has 0 saturated carbocycles. The molecule has 1 aromatic carbocycles. The number of benzene rings is 1. The van der Waals surface area contributed by atoms with E-state index >= 15 is 0 Å². The summed E-state index contributed by atoms with van der Waals surface area (Å²) in [5.74, 6) is 1.24. The average molecular weight is 277 g/mol. The van der Waals surface area contributed by atoms with Crippen molar-refractivity contribution >= 4 is 0 Å². The minimum atomic E-state index is -0.271. The fraction of sp³-hybridized carbons (Fsp3) is 0.400. The lowest BCUT2D eigenvalue weighted by Crippen LogP contribution is -2.12. The van der Waals surface area contributed by atoms with Crippen LogP contribution in [0.2, 0.25) is 0 Å². The largest absolute Gasteiger partial charge is 0.493 e. The highest BCUT2D eigenvalue weighted by Crippen LogP contribution is 2.16. The summed E-state index contributed by atoms with van der Waals surface area (Å²) in [6.45, 7) is 3.99. The Bertz CT molecular complexity index is 554. The molecule has 0 bridgehead atoms. The first-order valence-corrected chi connectivity index (χ1v) is 6.78. The van der Waals surface area contributed by atoms with E-state index in [-0.39, 0.29) is 5.82 Å². The van der Waals surface area contributed by atoms with Gasteiger partial charge in [-0.3, -0.25) is 0 Å². The number of rotatable bonds is 7. The fourth-order valence-electron chi connectivity index (χ4n) is 1.97. The summed E-state index contributed by atoms with van der Waals surface area (Å²) in [6, 6.07) is 4.80. The number of nitrogens with zero attached hydrogens (tertiary/aromatic N) is 2. The zero-order valence-corrected chi connectivity index (χ0v) is 11.9. The van der Waals surface area contributed by atoms with E-state index in [0.717, 1.165) is 17.9 Å². The number of halogens is 1. The van der Waals surface area contributed by atoms with Gasteiger partial charge in [0.15, 0.2) is 0 Å². The summed E-state index contributed by atoms with van der Waals surface area (Å²) in [4.78, 5) is 4.22. The maximum absolute atomic E-state index is 13.5. The molecule has 0 atom stereocenters. The second-order valence-corrected chi connectivity index (χ2v) is 4.63. The molecule has 2 rings (SSSR count). The Morgan fingerprint density at radius 3 is 2.90 bits per heavy atom. The number of hydrogen-bond donors (Lipinski definition) is 1. The molecule has 0 unspecified atom stereocenters. The van der Waals surface area contributed by atoms with E-state index in [1.54, 1.807) is 6.20 Å². The van der Waals surface area contributed by atoms with Crippen LogP contribution in [0.3, 0.4) is 0 Å². The molecule has 2 aromatic rings. The molecule has 0 aliphatic carbocycles. The third-order valence-corrected chi connectivity index (χ3v) is 3.03. The first-order valence-electron chi connectivity index (χ1n) is 6.78. The summed E-state index contributed by atoms with van der Waals surface area (Å²) >= 11 is 0. The van der Waals surface area contributed by atoms with E-state index in [2.05, 4.69) is 10.3 Å². The van der Waals surface area contributed by atoms with Crippen LogP contribution in [0.4, 0.5) is 4.39 Å². The predicted octanol–water partition coefficient (Wildman–Crippen LogP) is 2.29. The molecule has 20 heavy (non-hydrogen) atoms. The van der Waals surface area contributed by atoms with Crippen molar-refractivity contribution in [1.29, 1.82) is 0 Å². The molecule has 1 heterocycles. The lowest BCUT2D eigenvalue weighted by atomic mass is 10.2. The van der Waals surface area contributed by atoms with Gasteiger partial charge in [0.25, 0.3) is 0 Å². The molecule has 0 radical (unpaired) electrons.